The Morgan fingerprint density at radius 3 is 2.38 bits per heavy atom. The third kappa shape index (κ3) is 5.04. The fraction of sp³-hybridized carbons (Fsp3) is 0.207. The first-order chi connectivity index (χ1) is 17.9. The highest BCUT2D eigenvalue weighted by atomic mass is 16.5. The SMILES string of the molecule is COc1cc(C2C(C(=O)Nc3ccc(C)cc3)=C(C)Nc3ncnn32)ccc1OCc1ccc(C)cc1. The second kappa shape index (κ2) is 10.2. The van der Waals surface area contributed by atoms with Crippen LogP contribution in [0.25, 0.3) is 0 Å². The molecule has 0 radical (unpaired) electrons. The van der Waals surface area contributed by atoms with Crippen LogP contribution in [0.4, 0.5) is 11.6 Å². The van der Waals surface area contributed by atoms with Crippen LogP contribution in [0.3, 0.4) is 0 Å². The summed E-state index contributed by atoms with van der Waals surface area (Å²) in [6.07, 6.45) is 1.47. The number of rotatable bonds is 7. The van der Waals surface area contributed by atoms with Gasteiger partial charge in [-0.1, -0.05) is 53.6 Å². The van der Waals surface area contributed by atoms with Gasteiger partial charge in [0.15, 0.2) is 11.5 Å². The van der Waals surface area contributed by atoms with Gasteiger partial charge in [0.2, 0.25) is 5.95 Å². The summed E-state index contributed by atoms with van der Waals surface area (Å²) < 4.78 is 13.5. The number of fused-ring (bicyclic) bond motifs is 1. The van der Waals surface area contributed by atoms with Crippen LogP contribution in [0, 0.1) is 13.8 Å². The molecule has 1 atom stereocenters. The molecule has 188 valence electrons. The van der Waals surface area contributed by atoms with Crippen molar-refractivity contribution in [3.8, 4) is 11.5 Å². The molecule has 1 aliphatic rings. The molecule has 0 aliphatic carbocycles. The van der Waals surface area contributed by atoms with Gasteiger partial charge in [-0.15, -0.1) is 0 Å². The van der Waals surface area contributed by atoms with Crippen molar-refractivity contribution in [1.29, 1.82) is 0 Å². The number of ether oxygens (including phenoxy) is 2. The summed E-state index contributed by atoms with van der Waals surface area (Å²) in [6, 6.07) is 21.1. The lowest BCUT2D eigenvalue weighted by molar-refractivity contribution is -0.113. The molecule has 1 aromatic heterocycles. The largest absolute Gasteiger partial charge is 0.493 e. The van der Waals surface area contributed by atoms with Gasteiger partial charge < -0.3 is 20.1 Å². The number of carbonyl (C=O) groups is 1. The number of amides is 1. The number of carbonyl (C=O) groups excluding carboxylic acids is 1. The molecule has 1 unspecified atom stereocenters. The molecular weight excluding hydrogens is 466 g/mol. The van der Waals surface area contributed by atoms with Crippen LogP contribution in [-0.4, -0.2) is 27.8 Å². The number of anilines is 2. The fourth-order valence-electron chi connectivity index (χ4n) is 4.35. The van der Waals surface area contributed by atoms with Crippen molar-refractivity contribution in [2.75, 3.05) is 17.7 Å². The lowest BCUT2D eigenvalue weighted by Crippen LogP contribution is -2.31. The van der Waals surface area contributed by atoms with Crippen molar-refractivity contribution >= 4 is 17.5 Å². The van der Waals surface area contributed by atoms with Crippen LogP contribution in [0.1, 0.15) is 35.2 Å². The molecule has 2 heterocycles. The Balaban J connectivity index is 1.46. The molecule has 3 aromatic carbocycles. The van der Waals surface area contributed by atoms with E-state index in [-0.39, 0.29) is 5.91 Å². The van der Waals surface area contributed by atoms with Crippen LogP contribution in [-0.2, 0) is 11.4 Å². The van der Waals surface area contributed by atoms with E-state index in [9.17, 15) is 4.79 Å². The van der Waals surface area contributed by atoms with Crippen molar-refractivity contribution in [1.82, 2.24) is 14.8 Å². The molecule has 37 heavy (non-hydrogen) atoms. The Labute approximate surface area is 216 Å². The van der Waals surface area contributed by atoms with E-state index < -0.39 is 6.04 Å². The van der Waals surface area contributed by atoms with Crippen LogP contribution in [0.15, 0.2) is 84.3 Å². The average Bonchev–Trinajstić information content (AvgIpc) is 3.37. The van der Waals surface area contributed by atoms with Crippen molar-refractivity contribution < 1.29 is 14.3 Å². The average molecular weight is 496 g/mol. The van der Waals surface area contributed by atoms with E-state index in [1.807, 2.05) is 68.4 Å². The lowest BCUT2D eigenvalue weighted by atomic mass is 9.94. The summed E-state index contributed by atoms with van der Waals surface area (Å²) in [4.78, 5) is 17.9. The van der Waals surface area contributed by atoms with Gasteiger partial charge in [-0.25, -0.2) is 4.68 Å². The third-order valence-corrected chi connectivity index (χ3v) is 6.37. The van der Waals surface area contributed by atoms with Crippen LogP contribution in [0.2, 0.25) is 0 Å². The summed E-state index contributed by atoms with van der Waals surface area (Å²) in [7, 11) is 1.60. The van der Waals surface area contributed by atoms with E-state index >= 15 is 0 Å². The number of aromatic nitrogens is 3. The first kappa shape index (κ1) is 24.1. The van der Waals surface area contributed by atoms with E-state index in [0.717, 1.165) is 22.4 Å². The predicted molar refractivity (Wildman–Crippen MR) is 143 cm³/mol. The molecule has 0 fully saturated rings. The zero-order valence-corrected chi connectivity index (χ0v) is 21.3. The number of methoxy groups -OCH3 is 1. The monoisotopic (exact) mass is 495 g/mol. The summed E-state index contributed by atoms with van der Waals surface area (Å²) in [5.74, 6) is 1.53. The van der Waals surface area contributed by atoms with Crippen LogP contribution < -0.4 is 20.1 Å². The van der Waals surface area contributed by atoms with E-state index in [1.54, 1.807) is 11.8 Å². The minimum absolute atomic E-state index is 0.223. The van der Waals surface area contributed by atoms with Crippen LogP contribution in [0.5, 0.6) is 11.5 Å². The van der Waals surface area contributed by atoms with Gasteiger partial charge >= 0.3 is 0 Å². The number of benzene rings is 3. The van der Waals surface area contributed by atoms with Crippen molar-refractivity contribution in [3.05, 3.63) is 107 Å². The van der Waals surface area contributed by atoms with Crippen LogP contribution >= 0.6 is 0 Å². The Kier molecular flexibility index (Phi) is 6.64. The summed E-state index contributed by atoms with van der Waals surface area (Å²) in [5, 5.41) is 10.6. The van der Waals surface area contributed by atoms with Crippen molar-refractivity contribution in [2.24, 2.45) is 0 Å². The maximum Gasteiger partial charge on any atom is 0.255 e. The van der Waals surface area contributed by atoms with Crippen molar-refractivity contribution in [3.63, 3.8) is 0 Å². The van der Waals surface area contributed by atoms with E-state index in [0.29, 0.717) is 35.3 Å². The molecule has 4 aromatic rings. The second-order valence-electron chi connectivity index (χ2n) is 9.10. The standard InChI is InChI=1S/C29H29N5O3/c1-18-5-9-21(10-6-18)16-37-24-14-11-22(15-25(24)36-4)27-26(20(3)32-29-30-17-31-34(27)29)28(35)33-23-12-7-19(2)8-13-23/h5-15,17,27H,16H2,1-4H3,(H,33,35)(H,30,31,32). The highest BCUT2D eigenvalue weighted by Crippen LogP contribution is 2.39. The number of nitrogens with zero attached hydrogens (tertiary/aromatic N) is 3. The molecular formula is C29H29N5O3. The predicted octanol–water partition coefficient (Wildman–Crippen LogP) is 5.41. The molecule has 0 bridgehead atoms. The van der Waals surface area contributed by atoms with Gasteiger partial charge in [0, 0.05) is 11.4 Å². The number of nitrogens with one attached hydrogen (secondary N) is 2. The Morgan fingerprint density at radius 2 is 1.68 bits per heavy atom. The number of hydrogen-bond donors (Lipinski definition) is 2. The molecule has 0 spiro atoms. The van der Waals surface area contributed by atoms with E-state index in [1.165, 1.54) is 11.9 Å². The van der Waals surface area contributed by atoms with Gasteiger partial charge in [-0.3, -0.25) is 4.79 Å². The highest BCUT2D eigenvalue weighted by molar-refractivity contribution is 6.06. The van der Waals surface area contributed by atoms with E-state index in [2.05, 4.69) is 39.8 Å². The molecule has 8 nitrogen and oxygen atoms in total. The quantitative estimate of drug-likeness (QED) is 0.356. The third-order valence-electron chi connectivity index (χ3n) is 6.37. The van der Waals surface area contributed by atoms with Gasteiger partial charge in [0.25, 0.3) is 5.91 Å². The zero-order chi connectivity index (χ0) is 25.9. The fourth-order valence-corrected chi connectivity index (χ4v) is 4.35. The number of hydrogen-bond acceptors (Lipinski definition) is 6. The second-order valence-corrected chi connectivity index (χ2v) is 9.10. The lowest BCUT2D eigenvalue weighted by Gasteiger charge is -2.29. The molecule has 2 N–H and O–H groups in total. The number of allylic oxidation sites excluding steroid dienone is 1. The first-order valence-electron chi connectivity index (χ1n) is 12.0. The van der Waals surface area contributed by atoms with Gasteiger partial charge in [0.1, 0.15) is 19.0 Å². The molecule has 0 saturated heterocycles. The normalized spacial score (nSPS) is 14.5. The summed E-state index contributed by atoms with van der Waals surface area (Å²) in [5.41, 5.74) is 6.16. The maximum absolute atomic E-state index is 13.6. The molecule has 8 heteroatoms. The van der Waals surface area contributed by atoms with E-state index in [4.69, 9.17) is 9.47 Å². The van der Waals surface area contributed by atoms with Gasteiger partial charge in [0.05, 0.1) is 12.7 Å². The Morgan fingerprint density at radius 1 is 0.973 bits per heavy atom. The van der Waals surface area contributed by atoms with Crippen molar-refractivity contribution in [2.45, 2.75) is 33.4 Å². The Hall–Kier alpha value is -4.59. The minimum atomic E-state index is -0.510. The first-order valence-corrected chi connectivity index (χ1v) is 12.0. The summed E-state index contributed by atoms with van der Waals surface area (Å²) in [6.45, 7) is 6.34. The van der Waals surface area contributed by atoms with Gasteiger partial charge in [-0.2, -0.15) is 10.1 Å². The summed E-state index contributed by atoms with van der Waals surface area (Å²) >= 11 is 0. The zero-order valence-electron chi connectivity index (χ0n) is 21.3. The maximum atomic E-state index is 13.6. The topological polar surface area (TPSA) is 90.3 Å². The molecule has 1 aliphatic heterocycles. The smallest absolute Gasteiger partial charge is 0.255 e. The molecule has 1 amide bonds. The Bertz CT molecular complexity index is 1460. The highest BCUT2D eigenvalue weighted by Gasteiger charge is 2.34. The minimum Gasteiger partial charge on any atom is -0.493 e. The number of aryl methyl sites for hydroxylation is 2. The molecule has 5 rings (SSSR count). The van der Waals surface area contributed by atoms with Gasteiger partial charge in [-0.05, 0) is 56.2 Å². The molecule has 0 saturated carbocycles.